The van der Waals surface area contributed by atoms with E-state index >= 15 is 0 Å². The molecule has 0 saturated heterocycles. The molecule has 2 N–H and O–H groups in total. The van der Waals surface area contributed by atoms with Crippen LogP contribution >= 0.6 is 34.8 Å². The van der Waals surface area contributed by atoms with E-state index in [-0.39, 0.29) is 5.91 Å². The zero-order valence-electron chi connectivity index (χ0n) is 19.5. The number of amides is 1. The van der Waals surface area contributed by atoms with Gasteiger partial charge in [0.1, 0.15) is 6.17 Å². The highest BCUT2D eigenvalue weighted by atomic mass is 35.6. The molecule has 1 rings (SSSR count). The van der Waals surface area contributed by atoms with Crippen molar-refractivity contribution < 1.29 is 4.79 Å². The molecule has 0 aliphatic heterocycles. The number of benzene rings is 1. The van der Waals surface area contributed by atoms with Crippen molar-refractivity contribution >= 4 is 46.4 Å². The second-order valence-electron chi connectivity index (χ2n) is 8.64. The van der Waals surface area contributed by atoms with Crippen LogP contribution in [0.1, 0.15) is 102 Å². The van der Waals surface area contributed by atoms with Crippen LogP contribution < -0.4 is 10.6 Å². The van der Waals surface area contributed by atoms with Crippen molar-refractivity contribution in [3.8, 4) is 0 Å². The quantitative estimate of drug-likeness (QED) is 0.138. The van der Waals surface area contributed by atoms with Crippen LogP contribution in [0.15, 0.2) is 18.2 Å². The lowest BCUT2D eigenvalue weighted by Crippen LogP contribution is -2.49. The highest BCUT2D eigenvalue weighted by Crippen LogP contribution is 2.32. The Morgan fingerprint density at radius 1 is 0.871 bits per heavy atom. The van der Waals surface area contributed by atoms with Crippen molar-refractivity contribution in [2.45, 2.75) is 114 Å². The van der Waals surface area contributed by atoms with Crippen LogP contribution in [0, 0.1) is 13.8 Å². The van der Waals surface area contributed by atoms with E-state index in [0.717, 1.165) is 29.7 Å². The Hall–Kier alpha value is -0.640. The van der Waals surface area contributed by atoms with Gasteiger partial charge in [-0.05, 0) is 37.5 Å². The third kappa shape index (κ3) is 13.5. The maximum atomic E-state index is 12.4. The van der Waals surface area contributed by atoms with Gasteiger partial charge in [0.2, 0.25) is 9.70 Å². The van der Waals surface area contributed by atoms with Crippen molar-refractivity contribution in [2.24, 2.45) is 0 Å². The van der Waals surface area contributed by atoms with Crippen molar-refractivity contribution in [1.29, 1.82) is 0 Å². The fourth-order valence-electron chi connectivity index (χ4n) is 3.61. The fraction of sp³-hybridized carbons (Fsp3) is 0.720. The lowest BCUT2D eigenvalue weighted by molar-refractivity contribution is -0.121. The Morgan fingerprint density at radius 2 is 1.39 bits per heavy atom. The van der Waals surface area contributed by atoms with Crippen molar-refractivity contribution in [3.63, 3.8) is 0 Å². The van der Waals surface area contributed by atoms with Gasteiger partial charge in [0.05, 0.1) is 0 Å². The molecule has 3 nitrogen and oxygen atoms in total. The van der Waals surface area contributed by atoms with Gasteiger partial charge >= 0.3 is 0 Å². The standard InChI is InChI=1S/C25H41Cl3N2O/c1-4-5-6-7-8-9-10-11-12-13-14-15-16-23(31)30-24(25(26,27)28)29-22-19-20(2)17-18-21(22)3/h17-19,24,29H,4-16H2,1-3H3,(H,30,31)/t24-/m1/s1. The van der Waals surface area contributed by atoms with Crippen LogP contribution in [0.3, 0.4) is 0 Å². The molecule has 1 amide bonds. The Kier molecular flexibility index (Phi) is 14.7. The Balaban J connectivity index is 2.23. The lowest BCUT2D eigenvalue weighted by Gasteiger charge is -2.28. The number of aryl methyl sites for hydroxylation is 2. The summed E-state index contributed by atoms with van der Waals surface area (Å²) < 4.78 is -1.65. The molecule has 31 heavy (non-hydrogen) atoms. The van der Waals surface area contributed by atoms with Gasteiger partial charge in [0, 0.05) is 12.1 Å². The van der Waals surface area contributed by atoms with E-state index in [1.54, 1.807) is 0 Å². The molecule has 0 aliphatic rings. The summed E-state index contributed by atoms with van der Waals surface area (Å²) in [7, 11) is 0. The SMILES string of the molecule is CCCCCCCCCCCCCCC(=O)N[C@@H](Nc1cc(C)ccc1C)C(Cl)(Cl)Cl. The lowest BCUT2D eigenvalue weighted by atomic mass is 10.0. The number of hydrogen-bond donors (Lipinski definition) is 2. The van der Waals surface area contributed by atoms with Gasteiger partial charge in [-0.15, -0.1) is 0 Å². The number of alkyl halides is 3. The molecule has 178 valence electrons. The summed E-state index contributed by atoms with van der Waals surface area (Å²) in [5, 5.41) is 6.02. The summed E-state index contributed by atoms with van der Waals surface area (Å²) in [6.45, 7) is 6.23. The average Bonchev–Trinajstić information content (AvgIpc) is 2.70. The number of carbonyl (C=O) groups excluding carboxylic acids is 1. The summed E-state index contributed by atoms with van der Waals surface area (Å²) in [4.78, 5) is 12.4. The van der Waals surface area contributed by atoms with E-state index in [2.05, 4.69) is 17.6 Å². The van der Waals surface area contributed by atoms with Crippen LogP contribution in [0.25, 0.3) is 0 Å². The summed E-state index contributed by atoms with van der Waals surface area (Å²) >= 11 is 18.4. The van der Waals surface area contributed by atoms with E-state index in [1.807, 2.05) is 32.0 Å². The third-order valence-electron chi connectivity index (χ3n) is 5.58. The summed E-state index contributed by atoms with van der Waals surface area (Å²) in [6, 6.07) is 6.01. The number of rotatable bonds is 16. The molecule has 1 atom stereocenters. The summed E-state index contributed by atoms with van der Waals surface area (Å²) in [6.07, 6.45) is 14.8. The monoisotopic (exact) mass is 490 g/mol. The molecule has 0 saturated carbocycles. The number of carbonyl (C=O) groups is 1. The molecule has 1 aromatic carbocycles. The molecule has 0 aliphatic carbocycles. The second kappa shape index (κ2) is 16.0. The van der Waals surface area contributed by atoms with Gasteiger partial charge in [-0.1, -0.05) is 124 Å². The Labute approximate surface area is 205 Å². The normalized spacial score (nSPS) is 12.6. The predicted molar refractivity (Wildman–Crippen MR) is 137 cm³/mol. The number of unbranched alkanes of at least 4 members (excludes halogenated alkanes) is 11. The van der Waals surface area contributed by atoms with E-state index < -0.39 is 9.96 Å². The van der Waals surface area contributed by atoms with E-state index in [1.165, 1.54) is 64.2 Å². The molecular weight excluding hydrogens is 451 g/mol. The van der Waals surface area contributed by atoms with Crippen LogP contribution in [0.4, 0.5) is 5.69 Å². The van der Waals surface area contributed by atoms with Gasteiger partial charge in [-0.2, -0.15) is 0 Å². The largest absolute Gasteiger partial charge is 0.362 e. The molecule has 1 aromatic rings. The van der Waals surface area contributed by atoms with E-state index in [4.69, 9.17) is 34.8 Å². The predicted octanol–water partition coefficient (Wildman–Crippen LogP) is 8.62. The van der Waals surface area contributed by atoms with Gasteiger partial charge in [0.25, 0.3) is 0 Å². The van der Waals surface area contributed by atoms with Crippen molar-refractivity contribution in [2.75, 3.05) is 5.32 Å². The Morgan fingerprint density at radius 3 is 1.90 bits per heavy atom. The van der Waals surface area contributed by atoms with Gasteiger partial charge in [0.15, 0.2) is 0 Å². The minimum Gasteiger partial charge on any atom is -0.362 e. The molecule has 0 heterocycles. The van der Waals surface area contributed by atoms with Gasteiger partial charge in [-0.25, -0.2) is 0 Å². The van der Waals surface area contributed by atoms with Crippen LogP contribution in [0.2, 0.25) is 0 Å². The molecule has 0 aromatic heterocycles. The topological polar surface area (TPSA) is 41.1 Å². The fourth-order valence-corrected chi connectivity index (χ4v) is 3.93. The van der Waals surface area contributed by atoms with Crippen LogP contribution in [-0.4, -0.2) is 15.9 Å². The highest BCUT2D eigenvalue weighted by molar-refractivity contribution is 6.68. The van der Waals surface area contributed by atoms with Crippen molar-refractivity contribution in [3.05, 3.63) is 29.3 Å². The zero-order chi connectivity index (χ0) is 23.1. The average molecular weight is 492 g/mol. The minimum absolute atomic E-state index is 0.0961. The highest BCUT2D eigenvalue weighted by Gasteiger charge is 2.34. The molecule has 0 unspecified atom stereocenters. The van der Waals surface area contributed by atoms with Crippen LogP contribution in [0.5, 0.6) is 0 Å². The second-order valence-corrected chi connectivity index (χ2v) is 11.0. The first-order chi connectivity index (χ1) is 14.7. The minimum atomic E-state index is -1.65. The number of nitrogens with one attached hydrogen (secondary N) is 2. The maximum absolute atomic E-state index is 12.4. The molecule has 0 spiro atoms. The first-order valence-electron chi connectivity index (χ1n) is 11.9. The molecule has 6 heteroatoms. The van der Waals surface area contributed by atoms with E-state index in [9.17, 15) is 4.79 Å². The number of anilines is 1. The first-order valence-corrected chi connectivity index (χ1v) is 13.1. The third-order valence-corrected chi connectivity index (χ3v) is 6.24. The maximum Gasteiger partial charge on any atom is 0.228 e. The van der Waals surface area contributed by atoms with Gasteiger partial charge < -0.3 is 10.6 Å². The summed E-state index contributed by atoms with van der Waals surface area (Å²) in [5.74, 6) is -0.0961. The Bertz CT molecular complexity index is 632. The van der Waals surface area contributed by atoms with Crippen LogP contribution in [-0.2, 0) is 4.79 Å². The van der Waals surface area contributed by atoms with Gasteiger partial charge in [-0.3, -0.25) is 4.79 Å². The smallest absolute Gasteiger partial charge is 0.228 e. The number of halogens is 3. The molecular formula is C25H41Cl3N2O. The molecule has 0 bridgehead atoms. The molecule has 0 radical (unpaired) electrons. The number of hydrogen-bond acceptors (Lipinski definition) is 2. The summed E-state index contributed by atoms with van der Waals surface area (Å²) in [5.41, 5.74) is 2.97. The van der Waals surface area contributed by atoms with E-state index in [0.29, 0.717) is 6.42 Å². The zero-order valence-corrected chi connectivity index (χ0v) is 21.8. The molecule has 0 fully saturated rings. The van der Waals surface area contributed by atoms with Crippen molar-refractivity contribution in [1.82, 2.24) is 5.32 Å². The first kappa shape index (κ1) is 28.4.